The predicted molar refractivity (Wildman–Crippen MR) is 85.6 cm³/mol. The zero-order chi connectivity index (χ0) is 14.6. The van der Waals surface area contributed by atoms with Crippen LogP contribution in [0.4, 0.5) is 0 Å². The van der Waals surface area contributed by atoms with E-state index in [1.54, 1.807) is 0 Å². The summed E-state index contributed by atoms with van der Waals surface area (Å²) >= 11 is 3.52. The number of rotatable bonds is 6. The number of amides is 1. The molecule has 20 heavy (non-hydrogen) atoms. The Kier molecular flexibility index (Phi) is 5.22. The third-order valence-electron chi connectivity index (χ3n) is 4.29. The van der Waals surface area contributed by atoms with Gasteiger partial charge in [0.05, 0.1) is 6.04 Å². The van der Waals surface area contributed by atoms with Gasteiger partial charge in [-0.25, -0.2) is 0 Å². The SMILES string of the molecule is CCCC(N)C(=O)NCC1(c2cccc(Br)c2)CCC1. The Hall–Kier alpha value is -0.870. The molecule has 0 spiro atoms. The Balaban J connectivity index is 2.00. The van der Waals surface area contributed by atoms with Crippen molar-refractivity contribution in [2.45, 2.75) is 50.5 Å². The van der Waals surface area contributed by atoms with Crippen molar-refractivity contribution in [3.05, 3.63) is 34.3 Å². The van der Waals surface area contributed by atoms with Crippen molar-refractivity contribution in [2.24, 2.45) is 5.73 Å². The summed E-state index contributed by atoms with van der Waals surface area (Å²) in [4.78, 5) is 12.0. The number of carbonyl (C=O) groups is 1. The lowest BCUT2D eigenvalue weighted by molar-refractivity contribution is -0.123. The maximum Gasteiger partial charge on any atom is 0.236 e. The summed E-state index contributed by atoms with van der Waals surface area (Å²) in [6.07, 6.45) is 5.17. The van der Waals surface area contributed by atoms with E-state index >= 15 is 0 Å². The Morgan fingerprint density at radius 1 is 1.50 bits per heavy atom. The highest BCUT2D eigenvalue weighted by atomic mass is 79.9. The Morgan fingerprint density at radius 3 is 2.80 bits per heavy atom. The maximum atomic E-state index is 12.0. The van der Waals surface area contributed by atoms with Gasteiger partial charge in [-0.3, -0.25) is 4.79 Å². The molecule has 1 unspecified atom stereocenters. The fourth-order valence-corrected chi connectivity index (χ4v) is 3.22. The fraction of sp³-hybridized carbons (Fsp3) is 0.562. The van der Waals surface area contributed by atoms with Crippen molar-refractivity contribution in [3.63, 3.8) is 0 Å². The molecular weight excluding hydrogens is 316 g/mol. The Labute approximate surface area is 129 Å². The van der Waals surface area contributed by atoms with Crippen molar-refractivity contribution in [3.8, 4) is 0 Å². The van der Waals surface area contributed by atoms with Gasteiger partial charge >= 0.3 is 0 Å². The molecule has 3 nitrogen and oxygen atoms in total. The van der Waals surface area contributed by atoms with Crippen LogP contribution in [0.15, 0.2) is 28.7 Å². The largest absolute Gasteiger partial charge is 0.354 e. The van der Waals surface area contributed by atoms with Crippen LogP contribution < -0.4 is 11.1 Å². The van der Waals surface area contributed by atoms with Crippen LogP contribution in [0.3, 0.4) is 0 Å². The monoisotopic (exact) mass is 338 g/mol. The van der Waals surface area contributed by atoms with Gasteiger partial charge in [-0.05, 0) is 37.0 Å². The van der Waals surface area contributed by atoms with Gasteiger partial charge in [0.2, 0.25) is 5.91 Å². The molecule has 1 aromatic rings. The summed E-state index contributed by atoms with van der Waals surface area (Å²) in [5.74, 6) is -0.0203. The van der Waals surface area contributed by atoms with E-state index in [2.05, 4.69) is 39.4 Å². The maximum absolute atomic E-state index is 12.0. The van der Waals surface area contributed by atoms with Gasteiger partial charge in [0.1, 0.15) is 0 Å². The van der Waals surface area contributed by atoms with E-state index < -0.39 is 0 Å². The van der Waals surface area contributed by atoms with Crippen LogP contribution in [-0.4, -0.2) is 18.5 Å². The van der Waals surface area contributed by atoms with E-state index in [0.717, 1.165) is 30.2 Å². The topological polar surface area (TPSA) is 55.1 Å². The number of hydrogen-bond donors (Lipinski definition) is 2. The van der Waals surface area contributed by atoms with E-state index in [1.807, 2.05) is 13.0 Å². The van der Waals surface area contributed by atoms with Gasteiger partial charge in [0.25, 0.3) is 0 Å². The van der Waals surface area contributed by atoms with Crippen LogP contribution in [0.1, 0.15) is 44.6 Å². The van der Waals surface area contributed by atoms with Gasteiger partial charge in [-0.15, -0.1) is 0 Å². The highest BCUT2D eigenvalue weighted by Gasteiger charge is 2.39. The first-order valence-corrected chi connectivity index (χ1v) is 8.16. The lowest BCUT2D eigenvalue weighted by Gasteiger charge is -2.43. The van der Waals surface area contributed by atoms with Crippen LogP contribution in [-0.2, 0) is 10.2 Å². The molecule has 1 aromatic carbocycles. The molecule has 1 atom stereocenters. The summed E-state index contributed by atoms with van der Waals surface area (Å²) in [7, 11) is 0. The number of nitrogens with two attached hydrogens (primary N) is 1. The van der Waals surface area contributed by atoms with E-state index in [4.69, 9.17) is 5.73 Å². The summed E-state index contributed by atoms with van der Waals surface area (Å²) in [6.45, 7) is 2.74. The summed E-state index contributed by atoms with van der Waals surface area (Å²) in [5.41, 5.74) is 7.27. The quantitative estimate of drug-likeness (QED) is 0.837. The van der Waals surface area contributed by atoms with Gasteiger partial charge in [-0.1, -0.05) is 47.8 Å². The Morgan fingerprint density at radius 2 is 2.25 bits per heavy atom. The number of halogens is 1. The molecule has 0 aromatic heterocycles. The summed E-state index contributed by atoms with van der Waals surface area (Å²) < 4.78 is 1.09. The lowest BCUT2D eigenvalue weighted by atomic mass is 9.64. The number of hydrogen-bond acceptors (Lipinski definition) is 2. The lowest BCUT2D eigenvalue weighted by Crippen LogP contribution is -2.49. The third-order valence-corrected chi connectivity index (χ3v) is 4.78. The molecule has 0 radical (unpaired) electrons. The second-order valence-corrected chi connectivity index (χ2v) is 6.67. The van der Waals surface area contributed by atoms with Crippen molar-refractivity contribution in [1.29, 1.82) is 0 Å². The first kappa shape index (κ1) is 15.5. The zero-order valence-electron chi connectivity index (χ0n) is 12.0. The second kappa shape index (κ2) is 6.72. The molecule has 1 aliphatic carbocycles. The van der Waals surface area contributed by atoms with Gasteiger partial charge in [0, 0.05) is 16.4 Å². The molecule has 0 aliphatic heterocycles. The van der Waals surface area contributed by atoms with Crippen molar-refractivity contribution in [2.75, 3.05) is 6.54 Å². The first-order valence-electron chi connectivity index (χ1n) is 7.37. The summed E-state index contributed by atoms with van der Waals surface area (Å²) in [6, 6.07) is 8.04. The van der Waals surface area contributed by atoms with Crippen LogP contribution in [0.2, 0.25) is 0 Å². The van der Waals surface area contributed by atoms with Crippen LogP contribution >= 0.6 is 15.9 Å². The minimum Gasteiger partial charge on any atom is -0.354 e. The van der Waals surface area contributed by atoms with E-state index in [0.29, 0.717) is 6.54 Å². The smallest absolute Gasteiger partial charge is 0.236 e. The molecular formula is C16H23BrN2O. The molecule has 2 rings (SSSR count). The molecule has 1 aliphatic rings. The molecule has 110 valence electrons. The number of nitrogens with one attached hydrogen (secondary N) is 1. The second-order valence-electron chi connectivity index (χ2n) is 5.76. The molecule has 1 fully saturated rings. The van der Waals surface area contributed by atoms with Crippen LogP contribution in [0.25, 0.3) is 0 Å². The molecule has 4 heteroatoms. The standard InChI is InChI=1S/C16H23BrN2O/c1-2-5-14(18)15(20)19-11-16(8-4-9-16)12-6-3-7-13(17)10-12/h3,6-7,10,14H,2,4-5,8-9,11,18H2,1H3,(H,19,20). The molecule has 0 saturated heterocycles. The van der Waals surface area contributed by atoms with E-state index in [1.165, 1.54) is 12.0 Å². The molecule has 1 amide bonds. The zero-order valence-corrected chi connectivity index (χ0v) is 13.6. The van der Waals surface area contributed by atoms with E-state index in [-0.39, 0.29) is 17.4 Å². The normalized spacial score (nSPS) is 18.1. The average molecular weight is 339 g/mol. The van der Waals surface area contributed by atoms with Crippen molar-refractivity contribution >= 4 is 21.8 Å². The fourth-order valence-electron chi connectivity index (χ4n) is 2.82. The minimum absolute atomic E-state index is 0.0203. The molecule has 3 N–H and O–H groups in total. The average Bonchev–Trinajstić information content (AvgIpc) is 2.37. The van der Waals surface area contributed by atoms with Gasteiger partial charge in [-0.2, -0.15) is 0 Å². The third kappa shape index (κ3) is 3.41. The molecule has 1 saturated carbocycles. The molecule has 0 heterocycles. The number of carbonyl (C=O) groups excluding carboxylic acids is 1. The summed E-state index contributed by atoms with van der Waals surface area (Å²) in [5, 5.41) is 3.05. The van der Waals surface area contributed by atoms with Gasteiger partial charge in [0.15, 0.2) is 0 Å². The first-order chi connectivity index (χ1) is 9.57. The van der Waals surface area contributed by atoms with Crippen LogP contribution in [0.5, 0.6) is 0 Å². The highest BCUT2D eigenvalue weighted by Crippen LogP contribution is 2.43. The molecule has 0 bridgehead atoms. The van der Waals surface area contributed by atoms with Crippen molar-refractivity contribution < 1.29 is 4.79 Å². The predicted octanol–water partition coefficient (Wildman–Crippen LogP) is 3.11. The van der Waals surface area contributed by atoms with E-state index in [9.17, 15) is 4.79 Å². The van der Waals surface area contributed by atoms with Crippen molar-refractivity contribution in [1.82, 2.24) is 5.32 Å². The van der Waals surface area contributed by atoms with Crippen LogP contribution in [0, 0.1) is 0 Å². The minimum atomic E-state index is -0.375. The Bertz CT molecular complexity index is 471. The van der Waals surface area contributed by atoms with Gasteiger partial charge < -0.3 is 11.1 Å². The highest BCUT2D eigenvalue weighted by molar-refractivity contribution is 9.10. The number of benzene rings is 1.